The predicted molar refractivity (Wildman–Crippen MR) is 116 cm³/mol. The van der Waals surface area contributed by atoms with Gasteiger partial charge in [0.1, 0.15) is 12.7 Å². The average Bonchev–Trinajstić information content (AvgIpc) is 3.24. The van der Waals surface area contributed by atoms with Gasteiger partial charge in [-0.05, 0) is 69.0 Å². The van der Waals surface area contributed by atoms with E-state index in [0.29, 0.717) is 28.7 Å². The topological polar surface area (TPSA) is 54.3 Å². The Hall–Kier alpha value is -2.41. The molecule has 0 aliphatic rings. The zero-order valence-electron chi connectivity index (χ0n) is 16.4. The maximum absolute atomic E-state index is 13.2. The van der Waals surface area contributed by atoms with Crippen molar-refractivity contribution in [2.45, 2.75) is 13.0 Å². The molecule has 1 heterocycles. The lowest BCUT2D eigenvalue weighted by molar-refractivity contribution is 0.0737. The van der Waals surface area contributed by atoms with Crippen LogP contribution >= 0.6 is 23.2 Å². The summed E-state index contributed by atoms with van der Waals surface area (Å²) in [5, 5.41) is 5.10. The fourth-order valence-electron chi connectivity index (χ4n) is 2.97. The van der Waals surface area contributed by atoms with Gasteiger partial charge in [0.2, 0.25) is 0 Å². The first-order valence-corrected chi connectivity index (χ1v) is 10.0. The van der Waals surface area contributed by atoms with Gasteiger partial charge in [-0.25, -0.2) is 9.67 Å². The van der Waals surface area contributed by atoms with Crippen molar-refractivity contribution in [1.29, 1.82) is 0 Å². The Bertz CT molecular complexity index is 942. The molecule has 0 saturated carbocycles. The third-order valence-electron chi connectivity index (χ3n) is 4.48. The third kappa shape index (κ3) is 5.79. The number of carbonyl (C=O) groups excluding carboxylic acids is 1. The van der Waals surface area contributed by atoms with Crippen LogP contribution in [-0.4, -0.2) is 57.7 Å². The number of hydrogen-bond donors (Lipinski definition) is 0. The minimum absolute atomic E-state index is 0.0278. The summed E-state index contributed by atoms with van der Waals surface area (Å²) in [6.45, 7) is 2.01. The van der Waals surface area contributed by atoms with E-state index in [1.54, 1.807) is 17.1 Å². The van der Waals surface area contributed by atoms with Gasteiger partial charge in [0.25, 0.3) is 5.91 Å². The SMILES string of the molecule is CN(C)CCCN(Cc1ccc(Cl)c(Cl)c1)C(=O)c1ccc(-n2cncn2)cc1. The van der Waals surface area contributed by atoms with Crippen molar-refractivity contribution in [2.75, 3.05) is 27.2 Å². The summed E-state index contributed by atoms with van der Waals surface area (Å²) in [5.41, 5.74) is 2.42. The first-order valence-electron chi connectivity index (χ1n) is 9.27. The molecule has 3 aromatic rings. The molecule has 0 radical (unpaired) electrons. The molecule has 0 fully saturated rings. The van der Waals surface area contributed by atoms with Crippen LogP contribution < -0.4 is 0 Å². The Balaban J connectivity index is 1.77. The normalized spacial score (nSPS) is 11.1. The predicted octanol–water partition coefficient (Wildman–Crippen LogP) is 4.17. The van der Waals surface area contributed by atoms with Gasteiger partial charge in [0, 0.05) is 18.7 Å². The van der Waals surface area contributed by atoms with Crippen LogP contribution in [0.1, 0.15) is 22.3 Å². The van der Waals surface area contributed by atoms with E-state index >= 15 is 0 Å². The first-order chi connectivity index (χ1) is 13.9. The maximum atomic E-state index is 13.2. The van der Waals surface area contributed by atoms with Crippen LogP contribution in [-0.2, 0) is 6.54 Å². The lowest BCUT2D eigenvalue weighted by Crippen LogP contribution is -2.33. The molecule has 152 valence electrons. The number of nitrogens with zero attached hydrogens (tertiary/aromatic N) is 5. The second-order valence-electron chi connectivity index (χ2n) is 7.02. The van der Waals surface area contributed by atoms with E-state index in [1.807, 2.05) is 55.4 Å². The molecule has 0 atom stereocenters. The summed E-state index contributed by atoms with van der Waals surface area (Å²) >= 11 is 12.2. The van der Waals surface area contributed by atoms with Crippen molar-refractivity contribution in [3.63, 3.8) is 0 Å². The van der Waals surface area contributed by atoms with Crippen LogP contribution in [0.25, 0.3) is 5.69 Å². The number of hydrogen-bond acceptors (Lipinski definition) is 4. The molecular weight excluding hydrogens is 409 g/mol. The van der Waals surface area contributed by atoms with E-state index in [-0.39, 0.29) is 5.91 Å². The first kappa shape index (κ1) is 21.3. The number of carbonyl (C=O) groups is 1. The van der Waals surface area contributed by atoms with Crippen LogP contribution in [0.3, 0.4) is 0 Å². The zero-order valence-corrected chi connectivity index (χ0v) is 17.9. The Morgan fingerprint density at radius 2 is 1.79 bits per heavy atom. The van der Waals surface area contributed by atoms with Gasteiger partial charge in [-0.1, -0.05) is 29.3 Å². The molecule has 0 unspecified atom stereocenters. The highest BCUT2D eigenvalue weighted by molar-refractivity contribution is 6.42. The van der Waals surface area contributed by atoms with Crippen LogP contribution in [0.2, 0.25) is 10.0 Å². The van der Waals surface area contributed by atoms with Crippen molar-refractivity contribution in [3.8, 4) is 5.69 Å². The van der Waals surface area contributed by atoms with Crippen molar-refractivity contribution in [2.24, 2.45) is 0 Å². The molecule has 1 aromatic heterocycles. The van der Waals surface area contributed by atoms with Crippen LogP contribution in [0.4, 0.5) is 0 Å². The largest absolute Gasteiger partial charge is 0.334 e. The van der Waals surface area contributed by atoms with E-state index < -0.39 is 0 Å². The molecule has 0 spiro atoms. The lowest BCUT2D eigenvalue weighted by atomic mass is 10.1. The minimum Gasteiger partial charge on any atom is -0.334 e. The summed E-state index contributed by atoms with van der Waals surface area (Å²) in [6.07, 6.45) is 3.97. The second-order valence-corrected chi connectivity index (χ2v) is 7.83. The quantitative estimate of drug-likeness (QED) is 0.536. The summed E-state index contributed by atoms with van der Waals surface area (Å²) in [6, 6.07) is 12.8. The molecule has 2 aromatic carbocycles. The Morgan fingerprint density at radius 3 is 2.41 bits per heavy atom. The molecule has 0 bridgehead atoms. The Kier molecular flexibility index (Phi) is 7.25. The van der Waals surface area contributed by atoms with Gasteiger partial charge in [-0.2, -0.15) is 5.10 Å². The van der Waals surface area contributed by atoms with Crippen LogP contribution in [0, 0.1) is 0 Å². The monoisotopic (exact) mass is 431 g/mol. The van der Waals surface area contributed by atoms with Gasteiger partial charge >= 0.3 is 0 Å². The molecule has 0 aliphatic heterocycles. The van der Waals surface area contributed by atoms with Crippen molar-refractivity contribution < 1.29 is 4.79 Å². The van der Waals surface area contributed by atoms with E-state index in [0.717, 1.165) is 24.2 Å². The molecule has 8 heteroatoms. The summed E-state index contributed by atoms with van der Waals surface area (Å²) in [7, 11) is 4.04. The Labute approximate surface area is 180 Å². The van der Waals surface area contributed by atoms with Crippen LogP contribution in [0.5, 0.6) is 0 Å². The summed E-state index contributed by atoms with van der Waals surface area (Å²) < 4.78 is 1.65. The van der Waals surface area contributed by atoms with Gasteiger partial charge in [0.05, 0.1) is 15.7 Å². The van der Waals surface area contributed by atoms with Gasteiger partial charge in [0.15, 0.2) is 0 Å². The molecule has 0 N–H and O–H groups in total. The average molecular weight is 432 g/mol. The van der Waals surface area contributed by atoms with Crippen LogP contribution in [0.15, 0.2) is 55.1 Å². The number of halogens is 2. The van der Waals surface area contributed by atoms with Crippen molar-refractivity contribution >= 4 is 29.1 Å². The van der Waals surface area contributed by atoms with Crippen molar-refractivity contribution in [1.82, 2.24) is 24.6 Å². The highest BCUT2D eigenvalue weighted by Gasteiger charge is 2.17. The number of amides is 1. The molecule has 6 nitrogen and oxygen atoms in total. The van der Waals surface area contributed by atoms with Gasteiger partial charge in [-0.15, -0.1) is 0 Å². The number of benzene rings is 2. The van der Waals surface area contributed by atoms with Gasteiger partial charge in [-0.3, -0.25) is 4.79 Å². The smallest absolute Gasteiger partial charge is 0.254 e. The Morgan fingerprint density at radius 1 is 1.03 bits per heavy atom. The lowest BCUT2D eigenvalue weighted by Gasteiger charge is -2.24. The summed E-state index contributed by atoms with van der Waals surface area (Å²) in [5.74, 6) is -0.0278. The standard InChI is InChI=1S/C21H23Cl2N5O/c1-26(2)10-3-11-27(13-16-4-9-19(22)20(23)12-16)21(29)17-5-7-18(8-6-17)28-15-24-14-25-28/h4-9,12,14-15H,3,10-11,13H2,1-2H3. The second kappa shape index (κ2) is 9.87. The maximum Gasteiger partial charge on any atom is 0.254 e. The number of rotatable bonds is 8. The molecular formula is C21H23Cl2N5O. The highest BCUT2D eigenvalue weighted by atomic mass is 35.5. The zero-order chi connectivity index (χ0) is 20.8. The molecule has 0 aliphatic carbocycles. The molecule has 29 heavy (non-hydrogen) atoms. The van der Waals surface area contributed by atoms with E-state index in [1.165, 1.54) is 6.33 Å². The molecule has 3 rings (SSSR count). The van der Waals surface area contributed by atoms with E-state index in [9.17, 15) is 4.79 Å². The molecule has 1 amide bonds. The van der Waals surface area contributed by atoms with E-state index in [4.69, 9.17) is 23.2 Å². The van der Waals surface area contributed by atoms with E-state index in [2.05, 4.69) is 15.0 Å². The number of aromatic nitrogens is 3. The molecule has 0 saturated heterocycles. The minimum atomic E-state index is -0.0278. The third-order valence-corrected chi connectivity index (χ3v) is 5.21. The van der Waals surface area contributed by atoms with Crippen molar-refractivity contribution in [3.05, 3.63) is 76.3 Å². The fraction of sp³-hybridized carbons (Fsp3) is 0.286. The summed E-state index contributed by atoms with van der Waals surface area (Å²) in [4.78, 5) is 21.1. The highest BCUT2D eigenvalue weighted by Crippen LogP contribution is 2.24. The fourth-order valence-corrected chi connectivity index (χ4v) is 3.29. The van der Waals surface area contributed by atoms with Gasteiger partial charge < -0.3 is 9.80 Å².